The lowest BCUT2D eigenvalue weighted by Gasteiger charge is -2.31. The van der Waals surface area contributed by atoms with Crippen molar-refractivity contribution in [3.63, 3.8) is 0 Å². The maximum atomic E-state index is 12.3. The largest absolute Gasteiger partial charge is 0.394 e. The number of nitrogens with zero attached hydrogens (tertiary/aromatic N) is 7. The number of ether oxygens (including phenoxy) is 2. The van der Waals surface area contributed by atoms with E-state index in [9.17, 15) is 19.9 Å². The van der Waals surface area contributed by atoms with Gasteiger partial charge in [-0.25, -0.2) is 9.97 Å². The lowest BCUT2D eigenvalue weighted by Crippen LogP contribution is -2.39. The number of rotatable bonds is 8. The zero-order chi connectivity index (χ0) is 28.2. The molecule has 6 rings (SSSR count). The topological polar surface area (TPSA) is 257 Å². The number of fused-ring (bicyclic) bond motifs is 2. The molecule has 0 saturated carbocycles. The second-order valence-corrected chi connectivity index (χ2v) is 12.2. The van der Waals surface area contributed by atoms with Crippen LogP contribution in [0.1, 0.15) is 19.1 Å². The van der Waals surface area contributed by atoms with Gasteiger partial charge in [-0.2, -0.15) is 9.67 Å². The third-order valence-corrected chi connectivity index (χ3v) is 8.34. The van der Waals surface area contributed by atoms with Crippen molar-refractivity contribution in [3.05, 3.63) is 28.9 Å². The second kappa shape index (κ2) is 10.1. The quantitative estimate of drug-likeness (QED) is 0.126. The lowest BCUT2D eigenvalue weighted by atomic mass is 10.1. The van der Waals surface area contributed by atoms with E-state index in [-0.39, 0.29) is 49.8 Å². The van der Waals surface area contributed by atoms with Gasteiger partial charge in [0.15, 0.2) is 16.9 Å². The molecule has 18 nitrogen and oxygen atoms in total. The molecule has 0 amide bonds. The van der Waals surface area contributed by atoms with Crippen LogP contribution >= 0.6 is 6.72 Å². The number of aromatic nitrogens is 8. The summed E-state index contributed by atoms with van der Waals surface area (Å²) in [5, 5.41) is 28.8. The minimum atomic E-state index is -4.09. The molecule has 0 radical (unpaired) electrons. The van der Waals surface area contributed by atoms with Crippen LogP contribution in [0.5, 0.6) is 0 Å². The summed E-state index contributed by atoms with van der Waals surface area (Å²) >= 11 is 5.29. The van der Waals surface area contributed by atoms with Gasteiger partial charge < -0.3 is 45.1 Å². The van der Waals surface area contributed by atoms with Crippen LogP contribution in [0.15, 0.2) is 23.4 Å². The smallest absolute Gasteiger partial charge is 0.326 e. The van der Waals surface area contributed by atoms with E-state index in [2.05, 4.69) is 30.2 Å². The summed E-state index contributed by atoms with van der Waals surface area (Å²) < 4.78 is 26.0. The number of aliphatic hydroxyl groups excluding tert-OH is 2. The number of anilines is 2. The average molecular weight is 597 g/mol. The fourth-order valence-corrected chi connectivity index (χ4v) is 6.49. The highest BCUT2D eigenvalue weighted by molar-refractivity contribution is 8.07. The van der Waals surface area contributed by atoms with E-state index in [1.165, 1.54) is 6.33 Å². The Labute approximate surface area is 229 Å². The van der Waals surface area contributed by atoms with Crippen molar-refractivity contribution in [2.24, 2.45) is 0 Å². The minimum absolute atomic E-state index is 0.0328. The monoisotopic (exact) mass is 596 g/mol. The van der Waals surface area contributed by atoms with Gasteiger partial charge in [0.05, 0.1) is 37.4 Å². The van der Waals surface area contributed by atoms with Crippen LogP contribution < -0.4 is 17.0 Å². The summed E-state index contributed by atoms with van der Waals surface area (Å²) in [6.07, 6.45) is 0.110. The normalized spacial score (nSPS) is 28.5. The third kappa shape index (κ3) is 4.74. The summed E-state index contributed by atoms with van der Waals surface area (Å²) in [5.41, 5.74) is 9.71. The summed E-state index contributed by atoms with van der Waals surface area (Å²) in [7, 11) is 0. The predicted octanol–water partition coefficient (Wildman–Crippen LogP) is -1.54. The van der Waals surface area contributed by atoms with Crippen LogP contribution in [0, 0.1) is 0 Å². The van der Waals surface area contributed by atoms with Gasteiger partial charge in [-0.05, 0) is 17.9 Å². The fraction of sp³-hybridized carbons (Fsp3) is 0.500. The Morgan fingerprint density at radius 2 is 2.15 bits per heavy atom. The molecule has 2 aliphatic rings. The van der Waals surface area contributed by atoms with Gasteiger partial charge in [0.25, 0.3) is 5.56 Å². The van der Waals surface area contributed by atoms with Gasteiger partial charge in [0, 0.05) is 19.0 Å². The number of hydrogen-bond donors (Lipinski definition) is 6. The number of aliphatic hydroxyl groups is 2. The van der Waals surface area contributed by atoms with Gasteiger partial charge in [-0.1, -0.05) is 5.21 Å². The number of nitrogen functional groups attached to an aromatic ring is 2. The molecule has 0 aromatic carbocycles. The van der Waals surface area contributed by atoms with E-state index in [0.29, 0.717) is 16.9 Å². The van der Waals surface area contributed by atoms with Crippen LogP contribution in [-0.2, 0) is 36.1 Å². The van der Waals surface area contributed by atoms with Gasteiger partial charge in [0.1, 0.15) is 30.1 Å². The number of nitrogens with two attached hydrogens (primary N) is 2. The van der Waals surface area contributed by atoms with Crippen LogP contribution in [0.4, 0.5) is 11.8 Å². The maximum Gasteiger partial charge on any atom is 0.326 e. The molecule has 4 aromatic rings. The van der Waals surface area contributed by atoms with Crippen molar-refractivity contribution in [2.45, 2.75) is 43.1 Å². The minimum Gasteiger partial charge on any atom is -0.394 e. The first-order chi connectivity index (χ1) is 19.1. The van der Waals surface area contributed by atoms with Gasteiger partial charge >= 0.3 is 6.72 Å². The zero-order valence-corrected chi connectivity index (χ0v) is 22.3. The zero-order valence-electron chi connectivity index (χ0n) is 20.6. The van der Waals surface area contributed by atoms with Gasteiger partial charge in [-0.3, -0.25) is 14.3 Å². The number of H-pyrrole nitrogens is 1. The molecule has 214 valence electrons. The Balaban J connectivity index is 1.21. The molecule has 2 saturated heterocycles. The van der Waals surface area contributed by atoms with Crippen molar-refractivity contribution in [1.29, 1.82) is 0 Å². The summed E-state index contributed by atoms with van der Waals surface area (Å²) in [5.74, 6) is 0.122. The molecule has 2 aliphatic heterocycles. The molecule has 0 spiro atoms. The lowest BCUT2D eigenvalue weighted by molar-refractivity contribution is -0.0620. The molecule has 6 atom stereocenters. The molecule has 40 heavy (non-hydrogen) atoms. The van der Waals surface area contributed by atoms with E-state index in [0.717, 1.165) is 4.68 Å². The molecular formula is C20H25N10O8PS. The second-order valence-electron chi connectivity index (χ2n) is 9.40. The maximum absolute atomic E-state index is 12.3. The van der Waals surface area contributed by atoms with E-state index in [1.807, 2.05) is 0 Å². The summed E-state index contributed by atoms with van der Waals surface area (Å²) in [6.45, 7) is -5.00. The summed E-state index contributed by atoms with van der Waals surface area (Å²) in [6, 6.07) is 1.75. The molecule has 20 heteroatoms. The van der Waals surface area contributed by atoms with E-state index in [1.54, 1.807) is 16.8 Å². The Bertz CT molecular complexity index is 1680. The van der Waals surface area contributed by atoms with Crippen molar-refractivity contribution < 1.29 is 33.6 Å². The Morgan fingerprint density at radius 3 is 2.92 bits per heavy atom. The number of hydrogen-bond acceptors (Lipinski definition) is 15. The predicted molar refractivity (Wildman–Crippen MR) is 140 cm³/mol. The Morgan fingerprint density at radius 1 is 1.32 bits per heavy atom. The van der Waals surface area contributed by atoms with E-state index in [4.69, 9.17) is 41.8 Å². The molecule has 4 aromatic heterocycles. The van der Waals surface area contributed by atoms with Gasteiger partial charge in [0.2, 0.25) is 5.95 Å². The molecule has 0 aliphatic carbocycles. The van der Waals surface area contributed by atoms with Crippen molar-refractivity contribution in [1.82, 2.24) is 39.5 Å². The van der Waals surface area contributed by atoms with Crippen LogP contribution in [0.25, 0.3) is 22.2 Å². The van der Waals surface area contributed by atoms with Crippen molar-refractivity contribution in [2.75, 3.05) is 31.3 Å². The van der Waals surface area contributed by atoms with E-state index < -0.39 is 42.5 Å². The van der Waals surface area contributed by atoms with Crippen LogP contribution in [-0.4, -0.2) is 92.7 Å². The molecule has 2 unspecified atom stereocenters. The Hall–Kier alpha value is -3.13. The average Bonchev–Trinajstić information content (AvgIpc) is 3.68. The van der Waals surface area contributed by atoms with Crippen LogP contribution in [0.3, 0.4) is 0 Å². The highest BCUT2D eigenvalue weighted by Crippen LogP contribution is 2.53. The number of nitrogens with one attached hydrogen (secondary N) is 1. The standard InChI is InChI=1S/C20H25N10O8PS/c21-15-10-1-2-29(16(10)24-8-23-15)13-3-11(32)12(37-13)6-36-39(34,40)38-20(4-9(5-31)35-7-20)30-17-14(27-28-30)18(33)26-19(22)25-17/h1-2,8-9,11-13,31-32H,3-7H2,(H,34,40)(H2,21,23,24)(H3,22,25,26,33)/t9-,11-,12+,13+,20?,39?/m0/s1. The Kier molecular flexibility index (Phi) is 6.80. The molecule has 0 bridgehead atoms. The van der Waals surface area contributed by atoms with Crippen molar-refractivity contribution >= 4 is 52.5 Å². The molecule has 8 N–H and O–H groups in total. The van der Waals surface area contributed by atoms with E-state index >= 15 is 0 Å². The first-order valence-corrected chi connectivity index (χ1v) is 14.6. The van der Waals surface area contributed by atoms with Gasteiger partial charge in [-0.15, -0.1) is 5.10 Å². The number of aromatic amines is 1. The molecule has 6 heterocycles. The SMILES string of the molecule is Nc1nc2c(nnn2C2(OP(O)(=S)OC[C@H]3O[C@@H](n4ccc5c(N)ncnc54)C[C@@H]3O)CO[C@H](CO)C2)c(=O)[nH]1. The first-order valence-electron chi connectivity index (χ1n) is 12.0. The fourth-order valence-electron chi connectivity index (χ4n) is 4.87. The van der Waals surface area contributed by atoms with Crippen LogP contribution in [0.2, 0.25) is 0 Å². The first kappa shape index (κ1) is 27.1. The highest BCUT2D eigenvalue weighted by atomic mass is 32.5. The highest BCUT2D eigenvalue weighted by Gasteiger charge is 2.49. The molecular weight excluding hydrogens is 571 g/mol. The van der Waals surface area contributed by atoms with Crippen molar-refractivity contribution in [3.8, 4) is 0 Å². The third-order valence-electron chi connectivity index (χ3n) is 6.75. The molecule has 2 fully saturated rings. The summed E-state index contributed by atoms with van der Waals surface area (Å²) in [4.78, 5) is 38.0.